The van der Waals surface area contributed by atoms with Crippen molar-refractivity contribution in [2.45, 2.75) is 87.3 Å². The highest BCUT2D eigenvalue weighted by atomic mass is 32.2. The average molecular weight is 736 g/mol. The number of nitrogens with zero attached hydrogens (tertiary/aromatic N) is 3. The molecular weight excluding hydrogens is 691 g/mol. The quantitative estimate of drug-likeness (QED) is 0.0870. The van der Waals surface area contributed by atoms with Crippen LogP contribution in [0.15, 0.2) is 88.8 Å². The van der Waals surface area contributed by atoms with Gasteiger partial charge in [0.1, 0.15) is 0 Å². The summed E-state index contributed by atoms with van der Waals surface area (Å²) in [5.41, 5.74) is 4.11. The van der Waals surface area contributed by atoms with E-state index < -0.39 is 45.0 Å². The van der Waals surface area contributed by atoms with Crippen LogP contribution < -0.4 is 0 Å². The Kier molecular flexibility index (Phi) is 9.53. The maximum Gasteiger partial charge on any atom is 0.289 e. The van der Waals surface area contributed by atoms with E-state index in [1.165, 1.54) is 32.5 Å². The highest BCUT2D eigenvalue weighted by molar-refractivity contribution is 7.90. The van der Waals surface area contributed by atoms with Crippen molar-refractivity contribution in [2.24, 2.45) is 5.92 Å². The maximum absolute atomic E-state index is 14.6. The fraction of sp³-hybridized carbons (Fsp3) is 0.405. The number of aromatic nitrogens is 1. The number of nitro benzene ring substituents is 1. The SMILES string of the molecule is Cc1ccc(S(=O)(=O)n2cc3c4c(cccc42)C2=C[C@H](CO[Si](C(C)C)(C(C)C)C(C)C)CN(S(=O)(=O)c4ccccc4[N+](=O)[O-])[C@H]2C3)cc1. The first kappa shape index (κ1) is 36.2. The van der Waals surface area contributed by atoms with Crippen LogP contribution in [0.5, 0.6) is 0 Å². The molecular formula is C37H45N3O7S2Si. The minimum atomic E-state index is -4.40. The normalized spacial score (nSPS) is 18.6. The number of fused-ring (bicyclic) bond motifs is 2. The summed E-state index contributed by atoms with van der Waals surface area (Å²) in [5.74, 6) is -0.350. The standard InChI is InChI=1S/C37H45N3O7S2Si/c1-24(2)50(25(3)4,26(5)6)47-23-28-19-32-31-11-10-13-34-37(31)29(22-39(34)48(43,44)30-17-15-27(7)16-18-30)20-35(32)38(21-28)49(45,46)36-14-9-8-12-33(36)40(41)42/h8-19,22,24-26,28,35H,20-21,23H2,1-7H3/t28-,35-/m0/s1. The van der Waals surface area contributed by atoms with Gasteiger partial charge in [-0.15, -0.1) is 0 Å². The van der Waals surface area contributed by atoms with Gasteiger partial charge in [-0.1, -0.05) is 89.6 Å². The van der Waals surface area contributed by atoms with Crippen LogP contribution in [0, 0.1) is 23.0 Å². The summed E-state index contributed by atoms with van der Waals surface area (Å²) in [4.78, 5) is 11.2. The van der Waals surface area contributed by atoms with Crippen LogP contribution >= 0.6 is 0 Å². The van der Waals surface area contributed by atoms with Gasteiger partial charge in [0, 0.05) is 36.7 Å². The molecule has 1 aliphatic carbocycles. The predicted octanol–water partition coefficient (Wildman–Crippen LogP) is 7.92. The Hall–Kier alpha value is -3.62. The first-order valence-electron chi connectivity index (χ1n) is 17.1. The van der Waals surface area contributed by atoms with Gasteiger partial charge in [-0.3, -0.25) is 10.1 Å². The van der Waals surface area contributed by atoms with Crippen molar-refractivity contribution in [3.63, 3.8) is 0 Å². The van der Waals surface area contributed by atoms with Crippen LogP contribution in [-0.4, -0.2) is 57.5 Å². The molecule has 0 saturated carbocycles. The Balaban J connectivity index is 1.52. The highest BCUT2D eigenvalue weighted by Gasteiger charge is 2.48. The monoisotopic (exact) mass is 735 g/mol. The van der Waals surface area contributed by atoms with Gasteiger partial charge < -0.3 is 4.43 Å². The maximum atomic E-state index is 14.6. The zero-order chi connectivity index (χ0) is 36.3. The van der Waals surface area contributed by atoms with Crippen molar-refractivity contribution in [1.29, 1.82) is 0 Å². The van der Waals surface area contributed by atoms with E-state index in [0.717, 1.165) is 22.1 Å². The third-order valence-corrected chi connectivity index (χ3v) is 20.3. The molecule has 2 aliphatic rings. The van der Waals surface area contributed by atoms with Crippen LogP contribution in [0.25, 0.3) is 16.5 Å². The molecule has 3 aromatic carbocycles. The number of hydrogen-bond acceptors (Lipinski definition) is 7. The first-order chi connectivity index (χ1) is 23.5. The molecule has 4 aromatic rings. The number of rotatable bonds is 11. The topological polar surface area (TPSA) is 129 Å². The average Bonchev–Trinajstić information content (AvgIpc) is 3.45. The van der Waals surface area contributed by atoms with Crippen LogP contribution in [0.1, 0.15) is 58.2 Å². The predicted molar refractivity (Wildman–Crippen MR) is 199 cm³/mol. The molecule has 0 fully saturated rings. The van der Waals surface area contributed by atoms with Gasteiger partial charge in [-0.05, 0) is 70.9 Å². The number of para-hydroxylation sites is 1. The lowest BCUT2D eigenvalue weighted by Gasteiger charge is -2.45. The third kappa shape index (κ3) is 5.86. The summed E-state index contributed by atoms with van der Waals surface area (Å²) in [6.45, 7) is 15.5. The van der Waals surface area contributed by atoms with Gasteiger partial charge in [-0.2, -0.15) is 4.31 Å². The summed E-state index contributed by atoms with van der Waals surface area (Å²) in [6, 6.07) is 16.9. The Bertz CT molecular complexity index is 2190. The fourth-order valence-corrected chi connectivity index (χ4v) is 17.2. The number of nitro groups is 1. The van der Waals surface area contributed by atoms with Crippen molar-refractivity contribution in [3.8, 4) is 0 Å². The second-order valence-electron chi connectivity index (χ2n) is 14.5. The molecule has 0 unspecified atom stereocenters. The van der Waals surface area contributed by atoms with Gasteiger partial charge in [0.2, 0.25) is 0 Å². The van der Waals surface area contributed by atoms with Crippen molar-refractivity contribution in [3.05, 3.63) is 106 Å². The van der Waals surface area contributed by atoms with Gasteiger partial charge >= 0.3 is 0 Å². The molecule has 266 valence electrons. The van der Waals surface area contributed by atoms with Crippen LogP contribution in [0.3, 0.4) is 0 Å². The summed E-state index contributed by atoms with van der Waals surface area (Å²) in [6.07, 6.45) is 3.89. The summed E-state index contributed by atoms with van der Waals surface area (Å²) >= 11 is 0. The largest absolute Gasteiger partial charge is 0.415 e. The zero-order valence-electron chi connectivity index (χ0n) is 29.5. The molecule has 13 heteroatoms. The lowest BCUT2D eigenvalue weighted by Crippen LogP contribution is -2.52. The Morgan fingerprint density at radius 3 is 2.14 bits per heavy atom. The number of benzene rings is 3. The van der Waals surface area contributed by atoms with Crippen molar-refractivity contribution in [2.75, 3.05) is 13.2 Å². The van der Waals surface area contributed by atoms with E-state index in [-0.39, 0.29) is 28.7 Å². The molecule has 10 nitrogen and oxygen atoms in total. The van der Waals surface area contributed by atoms with E-state index in [1.54, 1.807) is 42.6 Å². The number of aryl methyl sites for hydroxylation is 1. The minimum Gasteiger partial charge on any atom is -0.415 e. The molecule has 0 N–H and O–H groups in total. The molecule has 1 aliphatic heterocycles. The number of sulfonamides is 1. The van der Waals surface area contributed by atoms with Crippen molar-refractivity contribution < 1.29 is 26.2 Å². The molecule has 0 bridgehead atoms. The van der Waals surface area contributed by atoms with Crippen LogP contribution in [-0.2, 0) is 30.9 Å². The molecule has 1 aromatic heterocycles. The summed E-state index contributed by atoms with van der Waals surface area (Å²) in [5, 5.41) is 12.8. The van der Waals surface area contributed by atoms with Crippen molar-refractivity contribution >= 4 is 50.5 Å². The van der Waals surface area contributed by atoms with E-state index in [4.69, 9.17) is 4.43 Å². The Morgan fingerprint density at radius 1 is 0.880 bits per heavy atom. The molecule has 50 heavy (non-hydrogen) atoms. The van der Waals surface area contributed by atoms with E-state index in [0.29, 0.717) is 34.3 Å². The van der Waals surface area contributed by atoms with Crippen LogP contribution in [0.2, 0.25) is 16.6 Å². The molecule has 0 amide bonds. The van der Waals surface area contributed by atoms with Gasteiger partial charge in [0.15, 0.2) is 13.2 Å². The Labute approximate surface area is 296 Å². The summed E-state index contributed by atoms with van der Waals surface area (Å²) < 4.78 is 66.9. The second kappa shape index (κ2) is 13.2. The molecule has 2 heterocycles. The lowest BCUT2D eigenvalue weighted by molar-refractivity contribution is -0.387. The van der Waals surface area contributed by atoms with E-state index in [9.17, 15) is 26.9 Å². The second-order valence-corrected chi connectivity index (χ2v) is 23.6. The molecule has 0 saturated heterocycles. The first-order valence-corrected chi connectivity index (χ1v) is 22.1. The van der Waals surface area contributed by atoms with Gasteiger partial charge in [-0.25, -0.2) is 20.8 Å². The summed E-state index contributed by atoms with van der Waals surface area (Å²) in [7, 11) is -10.7. The van der Waals surface area contributed by atoms with E-state index in [2.05, 4.69) is 47.6 Å². The molecule has 0 spiro atoms. The van der Waals surface area contributed by atoms with Crippen LogP contribution in [0.4, 0.5) is 5.69 Å². The van der Waals surface area contributed by atoms with E-state index in [1.807, 2.05) is 13.0 Å². The molecule has 6 rings (SSSR count). The van der Waals surface area contributed by atoms with Crippen molar-refractivity contribution in [1.82, 2.24) is 8.28 Å². The van der Waals surface area contributed by atoms with Gasteiger partial charge in [0.05, 0.1) is 21.4 Å². The Morgan fingerprint density at radius 2 is 1.52 bits per heavy atom. The minimum absolute atomic E-state index is 0.0645. The highest BCUT2D eigenvalue weighted by Crippen LogP contribution is 2.47. The molecule has 0 radical (unpaired) electrons. The smallest absolute Gasteiger partial charge is 0.289 e. The lowest BCUT2D eigenvalue weighted by atomic mass is 9.81. The number of hydrogen-bond donors (Lipinski definition) is 0. The zero-order valence-corrected chi connectivity index (χ0v) is 32.2. The van der Waals surface area contributed by atoms with E-state index >= 15 is 0 Å². The fourth-order valence-electron chi connectivity index (χ4n) is 8.45. The molecule has 2 atom stereocenters. The third-order valence-electron chi connectivity index (χ3n) is 10.6. The van der Waals surface area contributed by atoms with Gasteiger partial charge in [0.25, 0.3) is 25.7 Å².